The van der Waals surface area contributed by atoms with Gasteiger partial charge in [-0.15, -0.1) is 0 Å². The molecular weight excluding hydrogens is 304 g/mol. The van der Waals surface area contributed by atoms with E-state index in [1.165, 1.54) is 4.31 Å². The molecule has 8 heteroatoms. The molecule has 7 nitrogen and oxygen atoms in total. The number of hydrogen-bond donors (Lipinski definition) is 2. The van der Waals surface area contributed by atoms with Crippen molar-refractivity contribution < 1.29 is 13.2 Å². The van der Waals surface area contributed by atoms with E-state index in [2.05, 4.69) is 5.32 Å². The van der Waals surface area contributed by atoms with Gasteiger partial charge in [-0.2, -0.15) is 12.7 Å². The minimum Gasteiger partial charge on any atom is -0.325 e. The third-order valence-electron chi connectivity index (χ3n) is 3.56. The number of amides is 1. The van der Waals surface area contributed by atoms with Gasteiger partial charge >= 0.3 is 0 Å². The number of nitrogens with zero attached hydrogens (tertiary/aromatic N) is 2. The summed E-state index contributed by atoms with van der Waals surface area (Å²) in [6.45, 7) is 5.83. The molecule has 1 heterocycles. The molecule has 0 saturated carbocycles. The van der Waals surface area contributed by atoms with Gasteiger partial charge in [0.15, 0.2) is 0 Å². The minimum absolute atomic E-state index is 0.103. The fourth-order valence-corrected chi connectivity index (χ4v) is 3.26. The van der Waals surface area contributed by atoms with Crippen LogP contribution in [0.25, 0.3) is 0 Å². The van der Waals surface area contributed by atoms with Crippen molar-refractivity contribution in [2.45, 2.75) is 13.8 Å². The van der Waals surface area contributed by atoms with Crippen LogP contribution in [0, 0.1) is 13.8 Å². The molecule has 1 aromatic carbocycles. The predicted octanol–water partition coefficient (Wildman–Crippen LogP) is 0.0630. The summed E-state index contributed by atoms with van der Waals surface area (Å²) < 4.78 is 23.7. The summed E-state index contributed by atoms with van der Waals surface area (Å²) in [5.41, 5.74) is 2.97. The summed E-state index contributed by atoms with van der Waals surface area (Å²) in [6, 6.07) is 5.88. The van der Waals surface area contributed by atoms with Gasteiger partial charge in [0.1, 0.15) is 0 Å². The molecule has 1 aliphatic rings. The van der Waals surface area contributed by atoms with Crippen molar-refractivity contribution in [3.63, 3.8) is 0 Å². The fraction of sp³-hybridized carbons (Fsp3) is 0.500. The molecule has 0 bridgehead atoms. The smallest absolute Gasteiger partial charge is 0.276 e. The van der Waals surface area contributed by atoms with Gasteiger partial charge in [-0.3, -0.25) is 9.69 Å². The van der Waals surface area contributed by atoms with Gasteiger partial charge in [0.2, 0.25) is 5.91 Å². The molecule has 0 aliphatic carbocycles. The molecule has 1 fully saturated rings. The Bertz CT molecular complexity index is 632. The maximum atomic E-state index is 12.1. The first-order chi connectivity index (χ1) is 10.2. The number of nitrogens with one attached hydrogen (secondary N) is 1. The van der Waals surface area contributed by atoms with E-state index in [4.69, 9.17) is 5.14 Å². The number of hydrogen-bond acceptors (Lipinski definition) is 4. The van der Waals surface area contributed by atoms with E-state index in [1.54, 1.807) is 0 Å². The van der Waals surface area contributed by atoms with Gasteiger partial charge in [-0.1, -0.05) is 6.07 Å². The zero-order valence-electron chi connectivity index (χ0n) is 12.9. The Morgan fingerprint density at radius 1 is 1.14 bits per heavy atom. The van der Waals surface area contributed by atoms with Crippen molar-refractivity contribution in [2.75, 3.05) is 38.0 Å². The number of carbonyl (C=O) groups is 1. The molecule has 2 rings (SSSR count). The number of nitrogens with two attached hydrogens (primary N) is 1. The highest BCUT2D eigenvalue weighted by Gasteiger charge is 2.24. The first kappa shape index (κ1) is 16.9. The van der Waals surface area contributed by atoms with Crippen LogP contribution in [0.1, 0.15) is 11.1 Å². The molecule has 1 aromatic rings. The number of anilines is 1. The Morgan fingerprint density at radius 3 is 2.18 bits per heavy atom. The zero-order chi connectivity index (χ0) is 16.3. The van der Waals surface area contributed by atoms with Crippen molar-refractivity contribution in [1.82, 2.24) is 9.21 Å². The average Bonchev–Trinajstić information content (AvgIpc) is 2.36. The van der Waals surface area contributed by atoms with Gasteiger partial charge in [0, 0.05) is 31.9 Å². The van der Waals surface area contributed by atoms with Crippen LogP contribution in [0.5, 0.6) is 0 Å². The summed E-state index contributed by atoms with van der Waals surface area (Å²) in [5.74, 6) is -0.103. The third kappa shape index (κ3) is 4.77. The van der Waals surface area contributed by atoms with Gasteiger partial charge in [-0.25, -0.2) is 5.14 Å². The number of piperazine rings is 1. The monoisotopic (exact) mass is 326 g/mol. The van der Waals surface area contributed by atoms with Crippen LogP contribution in [-0.4, -0.2) is 56.3 Å². The lowest BCUT2D eigenvalue weighted by Crippen LogP contribution is -2.52. The molecule has 3 N–H and O–H groups in total. The topological polar surface area (TPSA) is 95.7 Å². The molecule has 0 aromatic heterocycles. The Labute approximate surface area is 131 Å². The molecule has 0 spiro atoms. The SMILES string of the molecule is Cc1cc(C)cc(NC(=O)CN2CCN(S(N)(=O)=O)CC2)c1. The molecule has 0 unspecified atom stereocenters. The zero-order valence-corrected chi connectivity index (χ0v) is 13.7. The third-order valence-corrected chi connectivity index (χ3v) is 4.65. The molecule has 1 aliphatic heterocycles. The Kier molecular flexibility index (Phi) is 5.17. The van der Waals surface area contributed by atoms with Crippen LogP contribution in [0.2, 0.25) is 0 Å². The van der Waals surface area contributed by atoms with E-state index in [1.807, 2.05) is 36.9 Å². The van der Waals surface area contributed by atoms with E-state index in [-0.39, 0.29) is 12.5 Å². The van der Waals surface area contributed by atoms with E-state index in [0.29, 0.717) is 26.2 Å². The fourth-order valence-electron chi connectivity index (χ4n) is 2.59. The van der Waals surface area contributed by atoms with Crippen molar-refractivity contribution in [3.8, 4) is 0 Å². The second-order valence-electron chi connectivity index (χ2n) is 5.64. The van der Waals surface area contributed by atoms with Crippen LogP contribution in [-0.2, 0) is 15.0 Å². The largest absolute Gasteiger partial charge is 0.325 e. The summed E-state index contributed by atoms with van der Waals surface area (Å²) in [4.78, 5) is 14.0. The van der Waals surface area contributed by atoms with Gasteiger partial charge in [0.25, 0.3) is 10.2 Å². The van der Waals surface area contributed by atoms with E-state index >= 15 is 0 Å². The molecule has 1 saturated heterocycles. The summed E-state index contributed by atoms with van der Waals surface area (Å²) >= 11 is 0. The lowest BCUT2D eigenvalue weighted by molar-refractivity contribution is -0.117. The number of aryl methyl sites for hydroxylation is 2. The normalized spacial score (nSPS) is 17.4. The van der Waals surface area contributed by atoms with Gasteiger partial charge in [-0.05, 0) is 37.1 Å². The van der Waals surface area contributed by atoms with Crippen LogP contribution in [0.4, 0.5) is 5.69 Å². The Morgan fingerprint density at radius 2 is 1.68 bits per heavy atom. The molecule has 0 atom stereocenters. The lowest BCUT2D eigenvalue weighted by Gasteiger charge is -2.32. The first-order valence-corrected chi connectivity index (χ1v) is 8.63. The summed E-state index contributed by atoms with van der Waals surface area (Å²) in [5, 5.41) is 7.96. The van der Waals surface area contributed by atoms with Crippen LogP contribution < -0.4 is 10.5 Å². The Balaban J connectivity index is 1.86. The van der Waals surface area contributed by atoms with Crippen molar-refractivity contribution in [3.05, 3.63) is 29.3 Å². The van der Waals surface area contributed by atoms with Crippen LogP contribution in [0.15, 0.2) is 18.2 Å². The van der Waals surface area contributed by atoms with Crippen molar-refractivity contribution >= 4 is 21.8 Å². The van der Waals surface area contributed by atoms with E-state index < -0.39 is 10.2 Å². The van der Waals surface area contributed by atoms with Gasteiger partial charge in [0.05, 0.1) is 6.54 Å². The maximum Gasteiger partial charge on any atom is 0.276 e. The summed E-state index contributed by atoms with van der Waals surface area (Å²) in [6.07, 6.45) is 0. The van der Waals surface area contributed by atoms with E-state index in [9.17, 15) is 13.2 Å². The molecule has 0 radical (unpaired) electrons. The molecule has 22 heavy (non-hydrogen) atoms. The molecule has 122 valence electrons. The van der Waals surface area contributed by atoms with E-state index in [0.717, 1.165) is 16.8 Å². The minimum atomic E-state index is -3.63. The quantitative estimate of drug-likeness (QED) is 0.818. The van der Waals surface area contributed by atoms with Crippen LogP contribution in [0.3, 0.4) is 0 Å². The van der Waals surface area contributed by atoms with Crippen molar-refractivity contribution in [1.29, 1.82) is 0 Å². The summed E-state index contributed by atoms with van der Waals surface area (Å²) in [7, 11) is -3.63. The number of rotatable bonds is 4. The second kappa shape index (κ2) is 6.74. The highest BCUT2D eigenvalue weighted by molar-refractivity contribution is 7.86. The standard InChI is InChI=1S/C14H22N4O3S/c1-11-7-12(2)9-13(8-11)16-14(19)10-17-3-5-18(6-4-17)22(15,20)21/h7-9H,3-6,10H2,1-2H3,(H,16,19)(H2,15,20,21). The predicted molar refractivity (Wildman–Crippen MR) is 85.7 cm³/mol. The first-order valence-electron chi connectivity index (χ1n) is 7.12. The highest BCUT2D eigenvalue weighted by Crippen LogP contribution is 2.14. The molecular formula is C14H22N4O3S. The number of benzene rings is 1. The Hall–Kier alpha value is -1.48. The maximum absolute atomic E-state index is 12.1. The highest BCUT2D eigenvalue weighted by atomic mass is 32.2. The lowest BCUT2D eigenvalue weighted by atomic mass is 10.1. The average molecular weight is 326 g/mol. The van der Waals surface area contributed by atoms with Gasteiger partial charge < -0.3 is 5.32 Å². The van der Waals surface area contributed by atoms with Crippen molar-refractivity contribution in [2.24, 2.45) is 5.14 Å². The molecule has 1 amide bonds. The number of carbonyl (C=O) groups excluding carboxylic acids is 1. The second-order valence-corrected chi connectivity index (χ2v) is 7.19. The van der Waals surface area contributed by atoms with Crippen LogP contribution >= 0.6 is 0 Å².